The molecule has 0 bridgehead atoms. The van der Waals surface area contributed by atoms with Crippen LogP contribution in [0.3, 0.4) is 0 Å². The molecule has 1 aromatic rings. The van der Waals surface area contributed by atoms with Gasteiger partial charge in [0.25, 0.3) is 5.91 Å². The molecular formula is C14H20ClN3O2. The molecule has 2 heterocycles. The average molecular weight is 298 g/mol. The third kappa shape index (κ3) is 3.22. The van der Waals surface area contributed by atoms with Crippen molar-refractivity contribution in [2.24, 2.45) is 0 Å². The van der Waals surface area contributed by atoms with Crippen LogP contribution in [0.5, 0.6) is 0 Å². The van der Waals surface area contributed by atoms with Gasteiger partial charge in [-0.05, 0) is 32.9 Å². The summed E-state index contributed by atoms with van der Waals surface area (Å²) in [6.07, 6.45) is 0. The molecule has 0 radical (unpaired) electrons. The monoisotopic (exact) mass is 297 g/mol. The third-order valence-electron chi connectivity index (χ3n) is 3.29. The number of aromatic nitrogens is 1. The van der Waals surface area contributed by atoms with Crippen LogP contribution in [0.1, 0.15) is 31.1 Å². The Morgan fingerprint density at radius 2 is 2.30 bits per heavy atom. The molecule has 0 aliphatic carbocycles. The normalized spacial score (nSPS) is 17.9. The summed E-state index contributed by atoms with van der Waals surface area (Å²) in [5.74, 6) is 0.580. The molecule has 1 aromatic heterocycles. The highest BCUT2D eigenvalue weighted by Crippen LogP contribution is 2.23. The number of carbonyl (C=O) groups excluding carboxylic acids is 1. The van der Waals surface area contributed by atoms with Gasteiger partial charge in [-0.1, -0.05) is 11.6 Å². The number of amides is 1. The second-order valence-corrected chi connectivity index (χ2v) is 5.80. The molecule has 0 atom stereocenters. The van der Waals surface area contributed by atoms with Gasteiger partial charge < -0.3 is 15.0 Å². The van der Waals surface area contributed by atoms with E-state index in [4.69, 9.17) is 16.3 Å². The predicted octanol–water partition coefficient (Wildman–Crippen LogP) is 2.42. The number of halogens is 1. The van der Waals surface area contributed by atoms with Crippen LogP contribution in [-0.4, -0.2) is 47.6 Å². The first-order chi connectivity index (χ1) is 9.44. The Hall–Kier alpha value is -1.33. The summed E-state index contributed by atoms with van der Waals surface area (Å²) in [7, 11) is 0. The fourth-order valence-corrected chi connectivity index (χ4v) is 2.49. The van der Waals surface area contributed by atoms with Crippen molar-refractivity contribution in [1.29, 1.82) is 0 Å². The summed E-state index contributed by atoms with van der Waals surface area (Å²) in [5.41, 5.74) is 0.236. The van der Waals surface area contributed by atoms with E-state index in [0.717, 1.165) is 6.54 Å². The van der Waals surface area contributed by atoms with E-state index in [9.17, 15) is 4.79 Å². The lowest BCUT2D eigenvalue weighted by atomic mass is 10.0. The highest BCUT2D eigenvalue weighted by atomic mass is 35.5. The molecule has 1 fully saturated rings. The Kier molecular flexibility index (Phi) is 4.50. The zero-order valence-electron chi connectivity index (χ0n) is 12.1. The van der Waals surface area contributed by atoms with Crippen LogP contribution in [0.25, 0.3) is 0 Å². The van der Waals surface area contributed by atoms with Crippen molar-refractivity contribution in [3.05, 3.63) is 22.8 Å². The Labute approximate surface area is 124 Å². The number of pyridine rings is 1. The van der Waals surface area contributed by atoms with Gasteiger partial charge in [-0.3, -0.25) is 4.79 Å². The molecule has 6 heteroatoms. The number of carbonyl (C=O) groups is 1. The van der Waals surface area contributed by atoms with E-state index in [2.05, 4.69) is 10.3 Å². The number of rotatable bonds is 3. The molecule has 0 saturated carbocycles. The van der Waals surface area contributed by atoms with Gasteiger partial charge >= 0.3 is 0 Å². The largest absolute Gasteiger partial charge is 0.377 e. The molecule has 5 nitrogen and oxygen atoms in total. The quantitative estimate of drug-likeness (QED) is 0.871. The van der Waals surface area contributed by atoms with Gasteiger partial charge in [0.15, 0.2) is 0 Å². The lowest BCUT2D eigenvalue weighted by Crippen LogP contribution is -2.55. The van der Waals surface area contributed by atoms with Crippen LogP contribution in [0.15, 0.2) is 12.1 Å². The smallest absolute Gasteiger partial charge is 0.254 e. The highest BCUT2D eigenvalue weighted by molar-refractivity contribution is 6.29. The molecule has 20 heavy (non-hydrogen) atoms. The van der Waals surface area contributed by atoms with Gasteiger partial charge in [0.1, 0.15) is 11.0 Å². The molecule has 1 saturated heterocycles. The number of hydrogen-bond acceptors (Lipinski definition) is 4. The average Bonchev–Trinajstić information content (AvgIpc) is 2.37. The Morgan fingerprint density at radius 1 is 1.55 bits per heavy atom. The molecule has 1 N–H and O–H groups in total. The second kappa shape index (κ2) is 5.97. The van der Waals surface area contributed by atoms with Gasteiger partial charge in [0.05, 0.1) is 18.8 Å². The van der Waals surface area contributed by atoms with Crippen molar-refractivity contribution in [1.82, 2.24) is 9.88 Å². The lowest BCUT2D eigenvalue weighted by molar-refractivity contribution is -0.0370. The topological polar surface area (TPSA) is 54.5 Å². The minimum absolute atomic E-state index is 0.0400. The number of nitrogens with one attached hydrogen (secondary N) is 1. The van der Waals surface area contributed by atoms with Gasteiger partial charge in [-0.2, -0.15) is 0 Å². The summed E-state index contributed by atoms with van der Waals surface area (Å²) >= 11 is 5.99. The molecule has 1 aliphatic heterocycles. The van der Waals surface area contributed by atoms with E-state index in [1.165, 1.54) is 0 Å². The SMILES string of the molecule is CCNc1cc(C(=O)N2CCOCC2(C)C)cc(Cl)n1. The van der Waals surface area contributed by atoms with Crippen LogP contribution >= 0.6 is 11.6 Å². The minimum atomic E-state index is -0.316. The summed E-state index contributed by atoms with van der Waals surface area (Å²) in [6.45, 7) is 8.38. The maximum atomic E-state index is 12.7. The molecule has 2 rings (SSSR count). The molecule has 110 valence electrons. The van der Waals surface area contributed by atoms with Crippen molar-refractivity contribution < 1.29 is 9.53 Å². The van der Waals surface area contributed by atoms with Crippen molar-refractivity contribution in [2.75, 3.05) is 31.6 Å². The maximum Gasteiger partial charge on any atom is 0.254 e. The number of hydrogen-bond donors (Lipinski definition) is 1. The van der Waals surface area contributed by atoms with E-state index in [1.54, 1.807) is 12.1 Å². The van der Waals surface area contributed by atoms with Crippen LogP contribution < -0.4 is 5.32 Å². The van der Waals surface area contributed by atoms with Gasteiger partial charge in [-0.25, -0.2) is 4.98 Å². The Morgan fingerprint density at radius 3 is 2.95 bits per heavy atom. The summed E-state index contributed by atoms with van der Waals surface area (Å²) in [5, 5.41) is 3.39. The zero-order valence-corrected chi connectivity index (χ0v) is 12.8. The minimum Gasteiger partial charge on any atom is -0.377 e. The number of anilines is 1. The second-order valence-electron chi connectivity index (χ2n) is 5.42. The van der Waals surface area contributed by atoms with Crippen LogP contribution in [0.4, 0.5) is 5.82 Å². The molecule has 0 spiro atoms. The van der Waals surface area contributed by atoms with Crippen LogP contribution in [0.2, 0.25) is 5.15 Å². The van der Waals surface area contributed by atoms with Crippen molar-refractivity contribution in [3.8, 4) is 0 Å². The zero-order chi connectivity index (χ0) is 14.8. The Balaban J connectivity index is 2.28. The maximum absolute atomic E-state index is 12.7. The van der Waals surface area contributed by atoms with Crippen molar-refractivity contribution >= 4 is 23.3 Å². The predicted molar refractivity (Wildman–Crippen MR) is 79.3 cm³/mol. The molecule has 0 aromatic carbocycles. The van der Waals surface area contributed by atoms with Gasteiger partial charge in [0, 0.05) is 18.7 Å². The van der Waals surface area contributed by atoms with E-state index in [1.807, 2.05) is 25.7 Å². The fraction of sp³-hybridized carbons (Fsp3) is 0.571. The standard InChI is InChI=1S/C14H20ClN3O2/c1-4-16-12-8-10(7-11(15)17-12)13(19)18-5-6-20-9-14(18,2)3/h7-8H,4-6,9H2,1-3H3,(H,16,17). The van der Waals surface area contributed by atoms with Crippen LogP contribution in [-0.2, 0) is 4.74 Å². The van der Waals surface area contributed by atoms with Crippen LogP contribution in [0, 0.1) is 0 Å². The number of nitrogens with zero attached hydrogens (tertiary/aromatic N) is 2. The van der Waals surface area contributed by atoms with E-state index >= 15 is 0 Å². The third-order valence-corrected chi connectivity index (χ3v) is 3.48. The van der Waals surface area contributed by atoms with E-state index in [0.29, 0.717) is 36.3 Å². The van der Waals surface area contributed by atoms with E-state index < -0.39 is 0 Å². The van der Waals surface area contributed by atoms with Gasteiger partial charge in [0.2, 0.25) is 0 Å². The summed E-state index contributed by atoms with van der Waals surface area (Å²) in [6, 6.07) is 3.35. The summed E-state index contributed by atoms with van der Waals surface area (Å²) < 4.78 is 5.44. The molecule has 1 aliphatic rings. The Bertz CT molecular complexity index is 505. The van der Waals surface area contributed by atoms with Crippen molar-refractivity contribution in [3.63, 3.8) is 0 Å². The molecular weight excluding hydrogens is 278 g/mol. The first-order valence-corrected chi connectivity index (χ1v) is 7.13. The number of ether oxygens (including phenoxy) is 1. The highest BCUT2D eigenvalue weighted by Gasteiger charge is 2.34. The van der Waals surface area contributed by atoms with Gasteiger partial charge in [-0.15, -0.1) is 0 Å². The molecule has 1 amide bonds. The number of morpholine rings is 1. The first kappa shape index (κ1) is 15.1. The summed E-state index contributed by atoms with van der Waals surface area (Å²) in [4.78, 5) is 18.7. The van der Waals surface area contributed by atoms with E-state index in [-0.39, 0.29) is 11.4 Å². The van der Waals surface area contributed by atoms with Crippen molar-refractivity contribution in [2.45, 2.75) is 26.3 Å². The molecule has 0 unspecified atom stereocenters. The fourth-order valence-electron chi connectivity index (χ4n) is 2.28. The first-order valence-electron chi connectivity index (χ1n) is 6.75. The lowest BCUT2D eigenvalue weighted by Gasteiger charge is -2.42.